The van der Waals surface area contributed by atoms with Crippen LogP contribution in [0.4, 0.5) is 0 Å². The van der Waals surface area contributed by atoms with Crippen molar-refractivity contribution in [3.8, 4) is 0 Å². The molecule has 0 aliphatic carbocycles. The highest BCUT2D eigenvalue weighted by Crippen LogP contribution is 2.40. The Kier molecular flexibility index (Phi) is 3.82. The lowest BCUT2D eigenvalue weighted by Crippen LogP contribution is -2.60. The number of hydrogen-bond donors (Lipinski definition) is 1. The van der Waals surface area contributed by atoms with Crippen molar-refractivity contribution in [1.29, 1.82) is 0 Å². The van der Waals surface area contributed by atoms with Crippen LogP contribution >= 0.6 is 0 Å². The Morgan fingerprint density at radius 3 is 2.58 bits per heavy atom. The van der Waals surface area contributed by atoms with Crippen LogP contribution in [-0.4, -0.2) is 54.1 Å². The molecule has 0 unspecified atom stereocenters. The normalized spacial score (nSPS) is 23.4. The van der Waals surface area contributed by atoms with E-state index in [0.29, 0.717) is 5.41 Å². The molecule has 4 nitrogen and oxygen atoms in total. The highest BCUT2D eigenvalue weighted by Gasteiger charge is 2.44. The summed E-state index contributed by atoms with van der Waals surface area (Å²) in [6.07, 6.45) is 4.55. The van der Waals surface area contributed by atoms with Crippen LogP contribution in [0.5, 0.6) is 0 Å². The molecular formula is C15H24N4. The average molecular weight is 260 g/mol. The van der Waals surface area contributed by atoms with Crippen LogP contribution < -0.4 is 5.73 Å². The molecule has 2 fully saturated rings. The van der Waals surface area contributed by atoms with Crippen molar-refractivity contribution < 1.29 is 0 Å². The number of pyridine rings is 1. The second-order valence-electron chi connectivity index (χ2n) is 6.10. The van der Waals surface area contributed by atoms with Crippen LogP contribution in [0.3, 0.4) is 0 Å². The van der Waals surface area contributed by atoms with E-state index in [0.717, 1.165) is 19.6 Å². The summed E-state index contributed by atoms with van der Waals surface area (Å²) in [4.78, 5) is 9.45. The highest BCUT2D eigenvalue weighted by molar-refractivity contribution is 5.04. The third kappa shape index (κ3) is 2.96. The van der Waals surface area contributed by atoms with Crippen LogP contribution in [0.2, 0.25) is 0 Å². The van der Waals surface area contributed by atoms with Gasteiger partial charge in [-0.25, -0.2) is 0 Å². The molecular weight excluding hydrogens is 236 g/mol. The first-order valence-corrected chi connectivity index (χ1v) is 7.34. The van der Waals surface area contributed by atoms with E-state index in [9.17, 15) is 0 Å². The first-order valence-electron chi connectivity index (χ1n) is 7.34. The third-order valence-corrected chi connectivity index (χ3v) is 4.59. The molecule has 2 N–H and O–H groups in total. The third-order valence-electron chi connectivity index (χ3n) is 4.59. The van der Waals surface area contributed by atoms with Crippen LogP contribution in [-0.2, 0) is 6.54 Å². The molecule has 4 heteroatoms. The number of aromatic nitrogens is 1. The monoisotopic (exact) mass is 260 g/mol. The predicted octanol–water partition coefficient (Wildman–Crippen LogP) is 0.938. The Morgan fingerprint density at radius 1 is 1.16 bits per heavy atom. The quantitative estimate of drug-likeness (QED) is 0.875. The molecule has 0 bridgehead atoms. The maximum atomic E-state index is 5.61. The summed E-state index contributed by atoms with van der Waals surface area (Å²) in [7, 11) is 0. The fraction of sp³-hybridized carbons (Fsp3) is 0.667. The maximum absolute atomic E-state index is 5.61. The zero-order valence-electron chi connectivity index (χ0n) is 11.6. The van der Waals surface area contributed by atoms with Crippen molar-refractivity contribution in [3.05, 3.63) is 30.1 Å². The van der Waals surface area contributed by atoms with Crippen molar-refractivity contribution in [2.45, 2.75) is 19.4 Å². The van der Waals surface area contributed by atoms with Gasteiger partial charge in [0.1, 0.15) is 0 Å². The number of likely N-dealkylation sites (tertiary alicyclic amines) is 2. The minimum atomic E-state index is 0.607. The zero-order valence-corrected chi connectivity index (χ0v) is 11.6. The second kappa shape index (κ2) is 5.57. The van der Waals surface area contributed by atoms with Gasteiger partial charge in [-0.15, -0.1) is 0 Å². The van der Waals surface area contributed by atoms with Gasteiger partial charge in [-0.05, 0) is 43.5 Å². The predicted molar refractivity (Wildman–Crippen MR) is 76.7 cm³/mol. The van der Waals surface area contributed by atoms with E-state index in [-0.39, 0.29) is 0 Å². The summed E-state index contributed by atoms with van der Waals surface area (Å²) in [5, 5.41) is 0. The first-order chi connectivity index (χ1) is 9.30. The first kappa shape index (κ1) is 13.0. The van der Waals surface area contributed by atoms with Crippen LogP contribution in [0.25, 0.3) is 0 Å². The molecule has 1 aromatic heterocycles. The lowest BCUT2D eigenvalue weighted by atomic mass is 9.72. The number of rotatable bonds is 4. The van der Waals surface area contributed by atoms with E-state index in [2.05, 4.69) is 26.9 Å². The van der Waals surface area contributed by atoms with E-state index in [4.69, 9.17) is 5.73 Å². The summed E-state index contributed by atoms with van der Waals surface area (Å²) in [6, 6.07) is 6.18. The lowest BCUT2D eigenvalue weighted by molar-refractivity contribution is -0.0460. The Labute approximate surface area is 115 Å². The van der Waals surface area contributed by atoms with E-state index in [1.807, 2.05) is 12.3 Å². The number of nitrogens with two attached hydrogens (primary N) is 1. The molecule has 0 aromatic carbocycles. The molecule has 19 heavy (non-hydrogen) atoms. The molecule has 0 atom stereocenters. The van der Waals surface area contributed by atoms with Crippen molar-refractivity contribution in [2.24, 2.45) is 11.1 Å². The molecule has 2 aliphatic heterocycles. The molecule has 2 aliphatic rings. The summed E-state index contributed by atoms with van der Waals surface area (Å²) in [5.41, 5.74) is 7.41. The lowest BCUT2D eigenvalue weighted by Gasteiger charge is -2.54. The fourth-order valence-corrected chi connectivity index (χ4v) is 3.47. The van der Waals surface area contributed by atoms with Gasteiger partial charge in [0, 0.05) is 38.9 Å². The fourth-order valence-electron chi connectivity index (χ4n) is 3.47. The smallest absolute Gasteiger partial charge is 0.0543 e. The minimum absolute atomic E-state index is 0.607. The van der Waals surface area contributed by atoms with Gasteiger partial charge in [0.05, 0.1) is 5.69 Å². The van der Waals surface area contributed by atoms with E-state index in [1.165, 1.54) is 44.7 Å². The Balaban J connectivity index is 1.46. The van der Waals surface area contributed by atoms with Gasteiger partial charge < -0.3 is 10.6 Å². The summed E-state index contributed by atoms with van der Waals surface area (Å²) >= 11 is 0. The van der Waals surface area contributed by atoms with Crippen LogP contribution in [0.1, 0.15) is 18.5 Å². The molecule has 1 aromatic rings. The Morgan fingerprint density at radius 2 is 1.95 bits per heavy atom. The van der Waals surface area contributed by atoms with E-state index >= 15 is 0 Å². The Hall–Kier alpha value is -0.970. The topological polar surface area (TPSA) is 45.4 Å². The Bertz CT molecular complexity index is 390. The van der Waals surface area contributed by atoms with Gasteiger partial charge in [-0.3, -0.25) is 9.88 Å². The molecule has 0 saturated carbocycles. The van der Waals surface area contributed by atoms with Crippen LogP contribution in [0.15, 0.2) is 24.4 Å². The number of nitrogens with zero attached hydrogens (tertiary/aromatic N) is 3. The van der Waals surface area contributed by atoms with E-state index < -0.39 is 0 Å². The summed E-state index contributed by atoms with van der Waals surface area (Å²) < 4.78 is 0. The molecule has 3 heterocycles. The van der Waals surface area contributed by atoms with Gasteiger partial charge in [-0.2, -0.15) is 0 Å². The standard InChI is InChI=1S/C15H24N4/c16-6-10-19-12-15(13-19)4-8-18(9-5-15)11-14-3-1-2-7-17-14/h1-3,7H,4-6,8-13,16H2. The largest absolute Gasteiger partial charge is 0.329 e. The number of hydrogen-bond acceptors (Lipinski definition) is 4. The van der Waals surface area contributed by atoms with Crippen molar-refractivity contribution >= 4 is 0 Å². The van der Waals surface area contributed by atoms with Crippen molar-refractivity contribution in [3.63, 3.8) is 0 Å². The molecule has 104 valence electrons. The average Bonchev–Trinajstić information content (AvgIpc) is 2.41. The second-order valence-corrected chi connectivity index (χ2v) is 6.10. The molecule has 2 saturated heterocycles. The zero-order chi connectivity index (χ0) is 13.1. The molecule has 3 rings (SSSR count). The van der Waals surface area contributed by atoms with Gasteiger partial charge in [-0.1, -0.05) is 6.07 Å². The molecule has 1 spiro atoms. The van der Waals surface area contributed by atoms with Gasteiger partial charge in [0.25, 0.3) is 0 Å². The molecule has 0 amide bonds. The number of piperidine rings is 1. The SMILES string of the molecule is NCCN1CC2(CCN(Cc3ccccn3)CC2)C1. The van der Waals surface area contributed by atoms with Gasteiger partial charge >= 0.3 is 0 Å². The highest BCUT2D eigenvalue weighted by atomic mass is 15.2. The maximum Gasteiger partial charge on any atom is 0.0543 e. The van der Waals surface area contributed by atoms with Crippen molar-refractivity contribution in [1.82, 2.24) is 14.8 Å². The summed E-state index contributed by atoms with van der Waals surface area (Å²) in [6.45, 7) is 7.83. The summed E-state index contributed by atoms with van der Waals surface area (Å²) in [5.74, 6) is 0. The van der Waals surface area contributed by atoms with Crippen LogP contribution in [0, 0.1) is 5.41 Å². The van der Waals surface area contributed by atoms with Gasteiger partial charge in [0.15, 0.2) is 0 Å². The van der Waals surface area contributed by atoms with Gasteiger partial charge in [0.2, 0.25) is 0 Å². The minimum Gasteiger partial charge on any atom is -0.329 e. The van der Waals surface area contributed by atoms with Crippen molar-refractivity contribution in [2.75, 3.05) is 39.3 Å². The molecule has 0 radical (unpaired) electrons. The van der Waals surface area contributed by atoms with E-state index in [1.54, 1.807) is 0 Å².